The van der Waals surface area contributed by atoms with Crippen LogP contribution in [0.2, 0.25) is 15.1 Å². The van der Waals surface area contributed by atoms with Crippen LogP contribution < -0.4 is 0 Å². The van der Waals surface area contributed by atoms with Crippen LogP contribution in [0.4, 0.5) is 0 Å². The highest BCUT2D eigenvalue weighted by Gasteiger charge is 2.13. The Morgan fingerprint density at radius 3 is 2.19 bits per heavy atom. The fraction of sp³-hybridized carbons (Fsp3) is 0. The lowest BCUT2D eigenvalue weighted by Gasteiger charge is -2.04. The van der Waals surface area contributed by atoms with Crippen molar-refractivity contribution in [2.24, 2.45) is 0 Å². The number of hydrogen-bond acceptors (Lipinski definition) is 2. The molecule has 0 radical (unpaired) electrons. The second kappa shape index (κ2) is 4.50. The van der Waals surface area contributed by atoms with Crippen LogP contribution in [0.5, 0.6) is 0 Å². The molecule has 2 aromatic rings. The molecule has 0 unspecified atom stereocenters. The summed E-state index contributed by atoms with van der Waals surface area (Å²) < 4.78 is 5.24. The average molecular weight is 276 g/mol. The molecule has 5 heteroatoms. The second-order valence-corrected chi connectivity index (χ2v) is 4.32. The Morgan fingerprint density at radius 1 is 1.06 bits per heavy atom. The maximum Gasteiger partial charge on any atom is 0.185 e. The molecule has 0 amide bonds. The first-order valence-electron chi connectivity index (χ1n) is 4.31. The van der Waals surface area contributed by atoms with Gasteiger partial charge in [-0.05, 0) is 24.3 Å². The molecule has 0 saturated heterocycles. The van der Waals surface area contributed by atoms with Crippen LogP contribution in [-0.2, 0) is 0 Å². The molecular weight excluding hydrogens is 270 g/mol. The molecule has 0 aliphatic heterocycles. The fourth-order valence-electron chi connectivity index (χ4n) is 1.33. The van der Waals surface area contributed by atoms with Crippen molar-refractivity contribution < 1.29 is 9.21 Å². The van der Waals surface area contributed by atoms with Crippen LogP contribution in [-0.4, -0.2) is 6.29 Å². The molecule has 0 bridgehead atoms. The van der Waals surface area contributed by atoms with Gasteiger partial charge in [0.15, 0.2) is 12.0 Å². The van der Waals surface area contributed by atoms with Gasteiger partial charge in [-0.15, -0.1) is 0 Å². The lowest BCUT2D eigenvalue weighted by atomic mass is 10.2. The van der Waals surface area contributed by atoms with E-state index < -0.39 is 0 Å². The summed E-state index contributed by atoms with van der Waals surface area (Å²) in [7, 11) is 0. The van der Waals surface area contributed by atoms with E-state index in [9.17, 15) is 4.79 Å². The minimum absolute atomic E-state index is 0.220. The minimum Gasteiger partial charge on any atom is -0.453 e. The predicted octanol–water partition coefficient (Wildman–Crippen LogP) is 4.72. The smallest absolute Gasteiger partial charge is 0.185 e. The number of aldehydes is 1. The van der Waals surface area contributed by atoms with Crippen LogP contribution in [0.15, 0.2) is 28.7 Å². The lowest BCUT2D eigenvalue weighted by molar-refractivity contribution is 0.110. The van der Waals surface area contributed by atoms with Crippen LogP contribution >= 0.6 is 34.8 Å². The van der Waals surface area contributed by atoms with E-state index in [1.165, 1.54) is 0 Å². The molecule has 0 aliphatic carbocycles. The van der Waals surface area contributed by atoms with Crippen molar-refractivity contribution in [2.45, 2.75) is 0 Å². The summed E-state index contributed by atoms with van der Waals surface area (Å²) in [6.45, 7) is 0. The van der Waals surface area contributed by atoms with E-state index in [1.807, 2.05) is 0 Å². The summed E-state index contributed by atoms with van der Waals surface area (Å²) >= 11 is 17.8. The Hall–Kier alpha value is -0.960. The molecule has 2 nitrogen and oxygen atoms in total. The van der Waals surface area contributed by atoms with Gasteiger partial charge in [0, 0.05) is 5.02 Å². The van der Waals surface area contributed by atoms with Gasteiger partial charge >= 0.3 is 0 Å². The molecule has 0 atom stereocenters. The average Bonchev–Trinajstić information content (AvgIpc) is 2.64. The van der Waals surface area contributed by atoms with Gasteiger partial charge < -0.3 is 4.42 Å². The van der Waals surface area contributed by atoms with Gasteiger partial charge in [-0.25, -0.2) is 0 Å². The largest absolute Gasteiger partial charge is 0.453 e. The second-order valence-electron chi connectivity index (χ2n) is 3.06. The van der Waals surface area contributed by atoms with E-state index in [1.54, 1.807) is 24.3 Å². The van der Waals surface area contributed by atoms with Crippen molar-refractivity contribution in [1.82, 2.24) is 0 Å². The molecule has 0 N–H and O–H groups in total. The van der Waals surface area contributed by atoms with Crippen molar-refractivity contribution in [3.8, 4) is 11.3 Å². The molecule has 0 saturated carbocycles. The van der Waals surface area contributed by atoms with Crippen LogP contribution in [0.3, 0.4) is 0 Å². The van der Waals surface area contributed by atoms with E-state index in [0.717, 1.165) is 0 Å². The van der Waals surface area contributed by atoms with Gasteiger partial charge in [-0.3, -0.25) is 4.79 Å². The molecule has 0 fully saturated rings. The van der Waals surface area contributed by atoms with E-state index in [2.05, 4.69) is 0 Å². The van der Waals surface area contributed by atoms with Crippen LogP contribution in [0.25, 0.3) is 11.3 Å². The first kappa shape index (κ1) is 11.5. The van der Waals surface area contributed by atoms with Gasteiger partial charge in [0.25, 0.3) is 0 Å². The van der Waals surface area contributed by atoms with Crippen molar-refractivity contribution in [1.29, 1.82) is 0 Å². The monoisotopic (exact) mass is 274 g/mol. The molecule has 1 aromatic carbocycles. The van der Waals surface area contributed by atoms with Crippen molar-refractivity contribution >= 4 is 41.1 Å². The number of rotatable bonds is 2. The number of furan rings is 1. The van der Waals surface area contributed by atoms with E-state index in [4.69, 9.17) is 39.2 Å². The Bertz CT molecular complexity index is 523. The van der Waals surface area contributed by atoms with Crippen molar-refractivity contribution in [3.05, 3.63) is 45.1 Å². The minimum atomic E-state index is 0.220. The van der Waals surface area contributed by atoms with Gasteiger partial charge in [-0.1, -0.05) is 34.8 Å². The zero-order valence-corrected chi connectivity index (χ0v) is 10.1. The summed E-state index contributed by atoms with van der Waals surface area (Å²) in [5.74, 6) is 0.658. The third-order valence-corrected chi connectivity index (χ3v) is 2.81. The maximum atomic E-state index is 10.5. The van der Waals surface area contributed by atoms with Crippen LogP contribution in [0.1, 0.15) is 10.6 Å². The summed E-state index contributed by atoms with van der Waals surface area (Å²) in [5.41, 5.74) is 0.529. The molecule has 0 spiro atoms. The SMILES string of the molecule is O=Cc1ccc(-c2c(Cl)cc(Cl)cc2Cl)o1. The number of benzene rings is 1. The summed E-state index contributed by atoms with van der Waals surface area (Å²) in [6, 6.07) is 6.30. The zero-order chi connectivity index (χ0) is 11.7. The molecule has 0 aliphatic rings. The zero-order valence-electron chi connectivity index (χ0n) is 7.84. The molecule has 1 heterocycles. The maximum absolute atomic E-state index is 10.5. The topological polar surface area (TPSA) is 30.2 Å². The standard InChI is InChI=1S/C11H5Cl3O2/c12-6-3-8(13)11(9(14)4-6)10-2-1-7(5-15)16-10/h1-5H. The molecular formula is C11H5Cl3O2. The Labute approximate surface area is 107 Å². The highest BCUT2D eigenvalue weighted by atomic mass is 35.5. The highest BCUT2D eigenvalue weighted by molar-refractivity contribution is 6.41. The van der Waals surface area contributed by atoms with Crippen molar-refractivity contribution in [3.63, 3.8) is 0 Å². The third-order valence-electron chi connectivity index (χ3n) is 2.00. The first-order chi connectivity index (χ1) is 7.61. The Kier molecular flexibility index (Phi) is 3.24. The first-order valence-corrected chi connectivity index (χ1v) is 5.45. The highest BCUT2D eigenvalue weighted by Crippen LogP contribution is 2.37. The number of carbonyl (C=O) groups excluding carboxylic acids is 1. The van der Waals surface area contributed by atoms with Gasteiger partial charge in [0.2, 0.25) is 0 Å². The van der Waals surface area contributed by atoms with Crippen LogP contribution in [0, 0.1) is 0 Å². The molecule has 82 valence electrons. The Balaban J connectivity index is 2.59. The summed E-state index contributed by atoms with van der Waals surface area (Å²) in [6.07, 6.45) is 0.612. The third kappa shape index (κ3) is 2.09. The molecule has 2 rings (SSSR count). The summed E-state index contributed by atoms with van der Waals surface area (Å²) in [4.78, 5) is 10.5. The lowest BCUT2D eigenvalue weighted by Crippen LogP contribution is -1.80. The fourth-order valence-corrected chi connectivity index (χ4v) is 2.33. The normalized spacial score (nSPS) is 10.4. The number of carbonyl (C=O) groups is 1. The van der Waals surface area contributed by atoms with E-state index in [0.29, 0.717) is 32.7 Å². The van der Waals surface area contributed by atoms with E-state index >= 15 is 0 Å². The number of hydrogen-bond donors (Lipinski definition) is 0. The Morgan fingerprint density at radius 2 is 1.69 bits per heavy atom. The molecule has 16 heavy (non-hydrogen) atoms. The molecule has 1 aromatic heterocycles. The van der Waals surface area contributed by atoms with E-state index in [-0.39, 0.29) is 5.76 Å². The van der Waals surface area contributed by atoms with Crippen molar-refractivity contribution in [2.75, 3.05) is 0 Å². The summed E-state index contributed by atoms with van der Waals surface area (Å²) in [5, 5.41) is 1.20. The van der Waals surface area contributed by atoms with Gasteiger partial charge in [0.1, 0.15) is 5.76 Å². The number of halogens is 3. The predicted molar refractivity (Wildman–Crippen MR) is 64.6 cm³/mol. The quantitative estimate of drug-likeness (QED) is 0.742. The van der Waals surface area contributed by atoms with Gasteiger partial charge in [-0.2, -0.15) is 0 Å². The van der Waals surface area contributed by atoms with Gasteiger partial charge in [0.05, 0.1) is 15.6 Å².